The van der Waals surface area contributed by atoms with Gasteiger partial charge in [0.05, 0.1) is 11.2 Å². The van der Waals surface area contributed by atoms with Crippen LogP contribution in [0.5, 0.6) is 0 Å². The largest absolute Gasteiger partial charge is 0.461 e. The van der Waals surface area contributed by atoms with Gasteiger partial charge in [-0.05, 0) is 33.6 Å². The van der Waals surface area contributed by atoms with E-state index in [1.54, 1.807) is 26.8 Å². The number of epoxide rings is 1. The summed E-state index contributed by atoms with van der Waals surface area (Å²) in [6.45, 7) is 7.95. The summed E-state index contributed by atoms with van der Waals surface area (Å²) in [7, 11) is 0. The van der Waals surface area contributed by atoms with Gasteiger partial charge in [0, 0.05) is 30.4 Å². The number of hydrogen-bond donors (Lipinski definition) is 0. The van der Waals surface area contributed by atoms with Gasteiger partial charge in [0.25, 0.3) is 0 Å². The van der Waals surface area contributed by atoms with Crippen molar-refractivity contribution in [1.29, 1.82) is 0 Å². The van der Waals surface area contributed by atoms with E-state index in [1.807, 2.05) is 6.92 Å². The summed E-state index contributed by atoms with van der Waals surface area (Å²) in [4.78, 5) is 49.1. The number of ether oxygens (including phenoxy) is 4. The lowest BCUT2D eigenvalue weighted by molar-refractivity contribution is -0.145. The van der Waals surface area contributed by atoms with Crippen molar-refractivity contribution < 1.29 is 38.1 Å². The van der Waals surface area contributed by atoms with Gasteiger partial charge in [-0.15, -0.1) is 0 Å². The van der Waals surface area contributed by atoms with Crippen molar-refractivity contribution in [1.82, 2.24) is 0 Å². The molecular formula is C22H28O8. The van der Waals surface area contributed by atoms with E-state index in [9.17, 15) is 19.2 Å². The van der Waals surface area contributed by atoms with Crippen molar-refractivity contribution >= 4 is 23.7 Å². The van der Waals surface area contributed by atoms with E-state index >= 15 is 0 Å². The predicted octanol–water partition coefficient (Wildman–Crippen LogP) is 2.20. The number of ketones is 1. The Labute approximate surface area is 175 Å². The highest BCUT2D eigenvalue weighted by molar-refractivity contribution is 5.94. The number of rotatable bonds is 4. The van der Waals surface area contributed by atoms with Crippen molar-refractivity contribution in [2.75, 3.05) is 6.61 Å². The standard InChI is InChI=1S/C22H28O8/c1-6-11(2)20(25)28-16-9-12(3)15(24)7-8-22(5)19(30-22)18-17(16)14(21(26)29-18)10-27-13(4)23/h6,12,16,18-19H,7-10H2,1-5H3/b11-6-/t12-,16+,18+,19-,22-/m1/s1. The molecule has 0 aromatic heterocycles. The van der Waals surface area contributed by atoms with Crippen LogP contribution in [-0.4, -0.2) is 54.2 Å². The van der Waals surface area contributed by atoms with Gasteiger partial charge >= 0.3 is 17.9 Å². The van der Waals surface area contributed by atoms with E-state index in [-0.39, 0.29) is 24.4 Å². The monoisotopic (exact) mass is 420 g/mol. The molecule has 0 aromatic rings. The first-order valence-corrected chi connectivity index (χ1v) is 10.2. The molecule has 1 saturated heterocycles. The molecule has 3 rings (SSSR count). The topological polar surface area (TPSA) is 109 Å². The molecule has 0 aromatic carbocycles. The summed E-state index contributed by atoms with van der Waals surface area (Å²) in [6, 6.07) is 0. The Morgan fingerprint density at radius 1 is 1.27 bits per heavy atom. The third-order valence-corrected chi connectivity index (χ3v) is 6.11. The fourth-order valence-electron chi connectivity index (χ4n) is 3.95. The van der Waals surface area contributed by atoms with E-state index in [2.05, 4.69) is 0 Å². The first kappa shape index (κ1) is 22.2. The third kappa shape index (κ3) is 4.33. The molecule has 0 radical (unpaired) electrons. The molecule has 8 heteroatoms. The lowest BCUT2D eigenvalue weighted by Gasteiger charge is -2.27. The zero-order valence-corrected chi connectivity index (χ0v) is 18.0. The van der Waals surface area contributed by atoms with Gasteiger partial charge < -0.3 is 18.9 Å². The Bertz CT molecular complexity index is 838. The van der Waals surface area contributed by atoms with E-state index < -0.39 is 47.7 Å². The minimum absolute atomic E-state index is 0.0418. The molecule has 30 heavy (non-hydrogen) atoms. The Morgan fingerprint density at radius 3 is 2.60 bits per heavy atom. The van der Waals surface area contributed by atoms with Gasteiger partial charge in [0.1, 0.15) is 24.6 Å². The maximum absolute atomic E-state index is 12.6. The number of esters is 3. The van der Waals surface area contributed by atoms with Crippen molar-refractivity contribution in [2.24, 2.45) is 5.92 Å². The van der Waals surface area contributed by atoms with Gasteiger partial charge in [-0.2, -0.15) is 0 Å². The lowest BCUT2D eigenvalue weighted by atomic mass is 9.83. The Balaban J connectivity index is 2.05. The quantitative estimate of drug-likeness (QED) is 0.295. The van der Waals surface area contributed by atoms with E-state index in [1.165, 1.54) is 6.92 Å². The average Bonchev–Trinajstić information content (AvgIpc) is 3.25. The minimum Gasteiger partial charge on any atom is -0.461 e. The zero-order chi connectivity index (χ0) is 22.2. The Hall–Kier alpha value is -2.48. The normalized spacial score (nSPS) is 34.0. The number of carbonyl (C=O) groups is 4. The molecule has 1 aliphatic carbocycles. The third-order valence-electron chi connectivity index (χ3n) is 6.11. The Kier molecular flexibility index (Phi) is 6.17. The van der Waals surface area contributed by atoms with Gasteiger partial charge in [-0.1, -0.05) is 13.0 Å². The summed E-state index contributed by atoms with van der Waals surface area (Å²) in [5.74, 6) is -2.08. The molecule has 164 valence electrons. The molecule has 2 heterocycles. The molecule has 0 bridgehead atoms. The van der Waals surface area contributed by atoms with Crippen molar-refractivity contribution in [2.45, 2.75) is 77.8 Å². The molecule has 0 amide bonds. The molecule has 2 aliphatic heterocycles. The fourth-order valence-corrected chi connectivity index (χ4v) is 3.95. The van der Waals surface area contributed by atoms with E-state index in [4.69, 9.17) is 18.9 Å². The number of fused-ring (bicyclic) bond motifs is 3. The maximum atomic E-state index is 12.6. The molecule has 2 fully saturated rings. The summed E-state index contributed by atoms with van der Waals surface area (Å²) < 4.78 is 22.3. The number of Topliss-reactive ketones (excluding diaryl/α,β-unsaturated/α-hetero) is 1. The SMILES string of the molecule is C/C=C(/C)C(=O)O[C@H]1C[C@@H](C)C(=O)CC[C@@]2(C)O[C@@H]2[C@H]2OC(=O)C(COC(C)=O)=C12. The molecule has 3 aliphatic rings. The van der Waals surface area contributed by atoms with Crippen LogP contribution in [0.15, 0.2) is 22.8 Å². The second-order valence-electron chi connectivity index (χ2n) is 8.36. The smallest absolute Gasteiger partial charge is 0.338 e. The van der Waals surface area contributed by atoms with Crippen LogP contribution in [0.2, 0.25) is 0 Å². The molecule has 8 nitrogen and oxygen atoms in total. The number of allylic oxidation sites excluding steroid dienone is 1. The van der Waals surface area contributed by atoms with E-state index in [0.717, 1.165) is 0 Å². The van der Waals surface area contributed by atoms with Gasteiger partial charge in [-0.3, -0.25) is 9.59 Å². The van der Waals surface area contributed by atoms with Gasteiger partial charge in [-0.25, -0.2) is 9.59 Å². The zero-order valence-electron chi connectivity index (χ0n) is 18.0. The molecule has 5 atom stereocenters. The van der Waals surface area contributed by atoms with Crippen molar-refractivity contribution in [3.05, 3.63) is 22.8 Å². The minimum atomic E-state index is -0.875. The van der Waals surface area contributed by atoms with Crippen LogP contribution < -0.4 is 0 Å². The lowest BCUT2D eigenvalue weighted by Crippen LogP contribution is -2.36. The van der Waals surface area contributed by atoms with Crippen molar-refractivity contribution in [3.63, 3.8) is 0 Å². The number of hydrogen-bond acceptors (Lipinski definition) is 8. The average molecular weight is 420 g/mol. The van der Waals surface area contributed by atoms with Crippen LogP contribution in [0.4, 0.5) is 0 Å². The highest BCUT2D eigenvalue weighted by atomic mass is 16.6. The fraction of sp³-hybridized carbons (Fsp3) is 0.636. The molecular weight excluding hydrogens is 392 g/mol. The van der Waals surface area contributed by atoms with Gasteiger partial charge in [0.15, 0.2) is 6.10 Å². The highest BCUT2D eigenvalue weighted by Crippen LogP contribution is 2.49. The summed E-state index contributed by atoms with van der Waals surface area (Å²) in [5, 5.41) is 0. The maximum Gasteiger partial charge on any atom is 0.338 e. The van der Waals surface area contributed by atoms with Gasteiger partial charge in [0.2, 0.25) is 0 Å². The molecule has 0 spiro atoms. The van der Waals surface area contributed by atoms with Crippen molar-refractivity contribution in [3.8, 4) is 0 Å². The molecule has 1 saturated carbocycles. The first-order chi connectivity index (χ1) is 14.1. The molecule has 0 unspecified atom stereocenters. The summed E-state index contributed by atoms with van der Waals surface area (Å²) in [5.41, 5.74) is 0.369. The van der Waals surface area contributed by atoms with Crippen LogP contribution >= 0.6 is 0 Å². The van der Waals surface area contributed by atoms with E-state index in [0.29, 0.717) is 24.0 Å². The summed E-state index contributed by atoms with van der Waals surface area (Å²) in [6.07, 6.45) is 0.609. The highest BCUT2D eigenvalue weighted by Gasteiger charge is 2.62. The second-order valence-corrected chi connectivity index (χ2v) is 8.36. The second kappa shape index (κ2) is 8.34. The predicted molar refractivity (Wildman–Crippen MR) is 104 cm³/mol. The van der Waals surface area contributed by atoms with Crippen LogP contribution in [-0.2, 0) is 38.1 Å². The Morgan fingerprint density at radius 2 is 1.97 bits per heavy atom. The summed E-state index contributed by atoms with van der Waals surface area (Å²) >= 11 is 0. The first-order valence-electron chi connectivity index (χ1n) is 10.2. The molecule has 0 N–H and O–H groups in total. The van der Waals surface area contributed by atoms with Crippen LogP contribution in [0.3, 0.4) is 0 Å². The van der Waals surface area contributed by atoms with Crippen LogP contribution in [0.25, 0.3) is 0 Å². The number of carbonyl (C=O) groups excluding carboxylic acids is 4. The van der Waals surface area contributed by atoms with Crippen LogP contribution in [0, 0.1) is 5.92 Å². The van der Waals surface area contributed by atoms with Crippen LogP contribution in [0.1, 0.15) is 53.9 Å².